The lowest BCUT2D eigenvalue weighted by Gasteiger charge is -2.08. The lowest BCUT2D eigenvalue weighted by atomic mass is 10.1. The molecule has 0 radical (unpaired) electrons. The molecule has 0 saturated heterocycles. The van der Waals surface area contributed by atoms with E-state index in [1.165, 1.54) is 36.2 Å². The third-order valence-corrected chi connectivity index (χ3v) is 2.56. The van der Waals surface area contributed by atoms with Crippen LogP contribution in [0.15, 0.2) is 6.20 Å². The highest BCUT2D eigenvalue weighted by Gasteiger charge is 2.02. The number of nitrogens with zero attached hydrogens (tertiary/aromatic N) is 1. The van der Waals surface area contributed by atoms with Crippen molar-refractivity contribution in [1.29, 1.82) is 0 Å². The Morgan fingerprint density at radius 1 is 1.31 bits per heavy atom. The number of hydrogen-bond donors (Lipinski definition) is 1. The van der Waals surface area contributed by atoms with Crippen molar-refractivity contribution in [3.8, 4) is 0 Å². The van der Waals surface area contributed by atoms with Gasteiger partial charge in [-0.25, -0.2) is 0 Å². The van der Waals surface area contributed by atoms with E-state index in [-0.39, 0.29) is 0 Å². The normalized spacial score (nSPS) is 11.2. The van der Waals surface area contributed by atoms with Gasteiger partial charge in [-0.2, -0.15) is 0 Å². The van der Waals surface area contributed by atoms with Crippen LogP contribution in [0.1, 0.15) is 23.2 Å². The average Bonchev–Trinajstić information content (AvgIpc) is 2.35. The van der Waals surface area contributed by atoms with Gasteiger partial charge in [0, 0.05) is 11.9 Å². The van der Waals surface area contributed by atoms with E-state index >= 15 is 0 Å². The van der Waals surface area contributed by atoms with Crippen LogP contribution in [-0.4, -0.2) is 30.5 Å². The Labute approximate surface area is 81.0 Å². The van der Waals surface area contributed by atoms with Crippen molar-refractivity contribution in [3.63, 3.8) is 0 Å². The molecule has 0 aromatic carbocycles. The molecule has 1 aromatic rings. The lowest BCUT2D eigenvalue weighted by molar-refractivity contribution is 0.400. The molecule has 0 bridgehead atoms. The summed E-state index contributed by atoms with van der Waals surface area (Å²) in [5, 5.41) is 0. The lowest BCUT2D eigenvalue weighted by Crippen LogP contribution is -2.13. The molecule has 0 fully saturated rings. The molecule has 1 rings (SSSR count). The van der Waals surface area contributed by atoms with Gasteiger partial charge in [0.15, 0.2) is 0 Å². The molecule has 13 heavy (non-hydrogen) atoms. The second kappa shape index (κ2) is 4.47. The maximum atomic E-state index is 3.26. The van der Waals surface area contributed by atoms with Gasteiger partial charge in [0.05, 0.1) is 0 Å². The maximum Gasteiger partial charge on any atom is 0.0148 e. The Morgan fingerprint density at radius 3 is 2.46 bits per heavy atom. The van der Waals surface area contributed by atoms with Gasteiger partial charge in [-0.15, -0.1) is 0 Å². The maximum absolute atomic E-state index is 3.26. The van der Waals surface area contributed by atoms with E-state index < -0.39 is 0 Å². The Kier molecular flexibility index (Phi) is 3.55. The molecule has 0 aliphatic carbocycles. The van der Waals surface area contributed by atoms with Gasteiger partial charge in [0.2, 0.25) is 0 Å². The standard InChI is InChI=1S/C11H20N2/c1-9-10(2)12-8-11(9)6-5-7-13(3)4/h8,12H,5-7H2,1-4H3. The number of aromatic amines is 1. The van der Waals surface area contributed by atoms with Crippen LogP contribution in [0.5, 0.6) is 0 Å². The Morgan fingerprint density at radius 2 is 2.00 bits per heavy atom. The second-order valence-corrected chi connectivity index (χ2v) is 3.97. The van der Waals surface area contributed by atoms with Crippen molar-refractivity contribution < 1.29 is 0 Å². The number of hydrogen-bond acceptors (Lipinski definition) is 1. The van der Waals surface area contributed by atoms with Gasteiger partial charge in [-0.05, 0) is 58.5 Å². The van der Waals surface area contributed by atoms with E-state index in [0.717, 1.165) is 0 Å². The van der Waals surface area contributed by atoms with Crippen molar-refractivity contribution in [3.05, 3.63) is 23.0 Å². The van der Waals surface area contributed by atoms with Crippen LogP contribution >= 0.6 is 0 Å². The first kappa shape index (κ1) is 10.3. The quantitative estimate of drug-likeness (QED) is 0.752. The van der Waals surface area contributed by atoms with Gasteiger partial charge in [0.25, 0.3) is 0 Å². The highest BCUT2D eigenvalue weighted by molar-refractivity contribution is 5.28. The molecular formula is C11H20N2. The monoisotopic (exact) mass is 180 g/mol. The van der Waals surface area contributed by atoms with Crippen LogP contribution in [0, 0.1) is 13.8 Å². The summed E-state index contributed by atoms with van der Waals surface area (Å²) in [6.07, 6.45) is 4.57. The van der Waals surface area contributed by atoms with E-state index in [2.05, 4.69) is 44.0 Å². The SMILES string of the molecule is Cc1[nH]cc(CCCN(C)C)c1C. The summed E-state index contributed by atoms with van der Waals surface area (Å²) < 4.78 is 0. The number of aromatic nitrogens is 1. The van der Waals surface area contributed by atoms with E-state index in [1.54, 1.807) is 0 Å². The number of nitrogens with one attached hydrogen (secondary N) is 1. The molecule has 2 heteroatoms. The minimum absolute atomic E-state index is 1.17. The highest BCUT2D eigenvalue weighted by atomic mass is 15.0. The summed E-state index contributed by atoms with van der Waals surface area (Å²) in [6.45, 7) is 5.49. The van der Waals surface area contributed by atoms with Gasteiger partial charge in [0.1, 0.15) is 0 Å². The van der Waals surface area contributed by atoms with Crippen LogP contribution in [0.4, 0.5) is 0 Å². The molecule has 1 aromatic heterocycles. The minimum Gasteiger partial charge on any atom is -0.365 e. The number of H-pyrrole nitrogens is 1. The van der Waals surface area contributed by atoms with Gasteiger partial charge in [-0.1, -0.05) is 0 Å². The summed E-state index contributed by atoms with van der Waals surface area (Å²) in [5.41, 5.74) is 4.21. The average molecular weight is 180 g/mol. The van der Waals surface area contributed by atoms with Crippen molar-refractivity contribution in [1.82, 2.24) is 9.88 Å². The highest BCUT2D eigenvalue weighted by Crippen LogP contribution is 2.13. The molecule has 0 aliphatic rings. The molecule has 0 saturated carbocycles. The van der Waals surface area contributed by atoms with Crippen LogP contribution in [0.3, 0.4) is 0 Å². The third-order valence-electron chi connectivity index (χ3n) is 2.56. The molecule has 1 heterocycles. The van der Waals surface area contributed by atoms with E-state index in [4.69, 9.17) is 0 Å². The molecule has 1 N–H and O–H groups in total. The van der Waals surface area contributed by atoms with Crippen molar-refractivity contribution in [2.24, 2.45) is 0 Å². The summed E-state index contributed by atoms with van der Waals surface area (Å²) in [5.74, 6) is 0. The Balaban J connectivity index is 2.41. The fourth-order valence-corrected chi connectivity index (χ4v) is 1.50. The Bertz CT molecular complexity index is 261. The van der Waals surface area contributed by atoms with Gasteiger partial charge in [-0.3, -0.25) is 0 Å². The summed E-state index contributed by atoms with van der Waals surface area (Å²) in [4.78, 5) is 5.49. The fourth-order valence-electron chi connectivity index (χ4n) is 1.50. The summed E-state index contributed by atoms with van der Waals surface area (Å²) in [6, 6.07) is 0. The topological polar surface area (TPSA) is 19.0 Å². The second-order valence-electron chi connectivity index (χ2n) is 3.97. The third kappa shape index (κ3) is 2.88. The predicted octanol–water partition coefficient (Wildman–Crippen LogP) is 2.13. The summed E-state index contributed by atoms with van der Waals surface area (Å²) in [7, 11) is 4.24. The van der Waals surface area contributed by atoms with Crippen LogP contribution in [0.2, 0.25) is 0 Å². The molecular weight excluding hydrogens is 160 g/mol. The van der Waals surface area contributed by atoms with Crippen LogP contribution in [0.25, 0.3) is 0 Å². The van der Waals surface area contributed by atoms with E-state index in [1.807, 2.05) is 0 Å². The minimum atomic E-state index is 1.17. The van der Waals surface area contributed by atoms with Crippen molar-refractivity contribution >= 4 is 0 Å². The molecule has 0 atom stereocenters. The first-order valence-corrected chi connectivity index (χ1v) is 4.89. The van der Waals surface area contributed by atoms with E-state index in [9.17, 15) is 0 Å². The molecule has 74 valence electrons. The number of rotatable bonds is 4. The molecule has 0 unspecified atom stereocenters. The zero-order valence-electron chi connectivity index (χ0n) is 9.15. The molecule has 2 nitrogen and oxygen atoms in total. The molecule has 0 aliphatic heterocycles. The molecule has 0 spiro atoms. The molecule has 0 amide bonds. The van der Waals surface area contributed by atoms with Crippen molar-refractivity contribution in [2.45, 2.75) is 26.7 Å². The van der Waals surface area contributed by atoms with E-state index in [0.29, 0.717) is 0 Å². The fraction of sp³-hybridized carbons (Fsp3) is 0.636. The first-order chi connectivity index (χ1) is 6.11. The van der Waals surface area contributed by atoms with Gasteiger partial charge < -0.3 is 9.88 Å². The number of aryl methyl sites for hydroxylation is 2. The van der Waals surface area contributed by atoms with Gasteiger partial charge >= 0.3 is 0 Å². The van der Waals surface area contributed by atoms with Crippen LogP contribution in [-0.2, 0) is 6.42 Å². The first-order valence-electron chi connectivity index (χ1n) is 4.89. The zero-order valence-corrected chi connectivity index (χ0v) is 9.15. The largest absolute Gasteiger partial charge is 0.365 e. The van der Waals surface area contributed by atoms with Crippen LogP contribution < -0.4 is 0 Å². The van der Waals surface area contributed by atoms with Crippen molar-refractivity contribution in [2.75, 3.05) is 20.6 Å². The predicted molar refractivity (Wildman–Crippen MR) is 57.1 cm³/mol. The Hall–Kier alpha value is -0.760. The summed E-state index contributed by atoms with van der Waals surface area (Å²) >= 11 is 0. The zero-order chi connectivity index (χ0) is 9.84. The smallest absolute Gasteiger partial charge is 0.0148 e.